The molecule has 0 bridgehead atoms. The molecule has 0 aliphatic rings. The van der Waals surface area contributed by atoms with Crippen molar-refractivity contribution in [1.82, 2.24) is 4.98 Å². The Hall–Kier alpha value is -3.67. The highest BCUT2D eigenvalue weighted by Gasteiger charge is 2.12. The second-order valence-electron chi connectivity index (χ2n) is 6.86. The lowest BCUT2D eigenvalue weighted by molar-refractivity contribution is 0.102. The van der Waals surface area contributed by atoms with Crippen LogP contribution in [0, 0.1) is 5.82 Å². The summed E-state index contributed by atoms with van der Waals surface area (Å²) in [6.45, 7) is 3.86. The van der Waals surface area contributed by atoms with Gasteiger partial charge in [0.2, 0.25) is 5.89 Å². The monoisotopic (exact) mass is 390 g/mol. The number of hydrogen-bond donors (Lipinski definition) is 1. The van der Waals surface area contributed by atoms with Gasteiger partial charge in [0.1, 0.15) is 17.1 Å². The summed E-state index contributed by atoms with van der Waals surface area (Å²) in [5.74, 6) is 0.462. The van der Waals surface area contributed by atoms with E-state index < -0.39 is 0 Å². The van der Waals surface area contributed by atoms with E-state index >= 15 is 0 Å². The summed E-state index contributed by atoms with van der Waals surface area (Å²) in [5.41, 5.74) is 2.94. The van der Waals surface area contributed by atoms with Gasteiger partial charge >= 0.3 is 0 Å². The molecule has 6 heteroatoms. The molecule has 0 radical (unpaired) electrons. The predicted molar refractivity (Wildman–Crippen MR) is 110 cm³/mol. The molecule has 5 nitrogen and oxygen atoms in total. The van der Waals surface area contributed by atoms with Gasteiger partial charge in [-0.25, -0.2) is 9.37 Å². The fourth-order valence-corrected chi connectivity index (χ4v) is 2.91. The number of oxazole rings is 1. The van der Waals surface area contributed by atoms with Gasteiger partial charge in [-0.2, -0.15) is 0 Å². The lowest BCUT2D eigenvalue weighted by Gasteiger charge is -2.11. The molecule has 0 saturated heterocycles. The third kappa shape index (κ3) is 4.27. The highest BCUT2D eigenvalue weighted by atomic mass is 19.1. The van der Waals surface area contributed by atoms with Crippen LogP contribution in [0.1, 0.15) is 24.2 Å². The van der Waals surface area contributed by atoms with Gasteiger partial charge in [-0.15, -0.1) is 0 Å². The number of nitrogens with zero attached hydrogens (tertiary/aromatic N) is 1. The Labute approximate surface area is 167 Å². The third-order valence-corrected chi connectivity index (χ3v) is 4.20. The van der Waals surface area contributed by atoms with E-state index in [1.165, 1.54) is 12.1 Å². The first kappa shape index (κ1) is 18.7. The minimum atomic E-state index is -0.322. The number of aromatic nitrogens is 1. The molecule has 0 spiro atoms. The van der Waals surface area contributed by atoms with E-state index in [1.807, 2.05) is 19.9 Å². The minimum absolute atomic E-state index is 0.0261. The van der Waals surface area contributed by atoms with Gasteiger partial charge in [0, 0.05) is 16.8 Å². The van der Waals surface area contributed by atoms with Crippen molar-refractivity contribution in [3.05, 3.63) is 78.1 Å². The van der Waals surface area contributed by atoms with E-state index in [9.17, 15) is 9.18 Å². The minimum Gasteiger partial charge on any atom is -0.491 e. The molecule has 4 aromatic rings. The molecule has 1 amide bonds. The van der Waals surface area contributed by atoms with Crippen molar-refractivity contribution < 1.29 is 18.3 Å². The average molecular weight is 390 g/mol. The smallest absolute Gasteiger partial charge is 0.255 e. The zero-order chi connectivity index (χ0) is 20.4. The summed E-state index contributed by atoms with van der Waals surface area (Å²) < 4.78 is 24.5. The van der Waals surface area contributed by atoms with E-state index in [4.69, 9.17) is 9.15 Å². The SMILES string of the molecule is CC(C)Oc1cccc(C(=O)Nc2ccc3oc(-c4ccc(F)cc4)nc3c2)c1. The van der Waals surface area contributed by atoms with Crippen molar-refractivity contribution >= 4 is 22.7 Å². The highest BCUT2D eigenvalue weighted by molar-refractivity contribution is 6.05. The first-order valence-electron chi connectivity index (χ1n) is 9.22. The molecule has 1 N–H and O–H groups in total. The number of nitrogens with one attached hydrogen (secondary N) is 1. The molecular weight excluding hydrogens is 371 g/mol. The number of ether oxygens (including phenoxy) is 1. The molecule has 0 atom stereocenters. The molecule has 0 aliphatic carbocycles. The molecule has 0 aliphatic heterocycles. The van der Waals surface area contributed by atoms with Crippen LogP contribution in [0.3, 0.4) is 0 Å². The number of anilines is 1. The molecule has 29 heavy (non-hydrogen) atoms. The molecule has 1 heterocycles. The van der Waals surface area contributed by atoms with Crippen molar-refractivity contribution in [1.29, 1.82) is 0 Å². The van der Waals surface area contributed by atoms with E-state index in [-0.39, 0.29) is 17.8 Å². The van der Waals surface area contributed by atoms with Crippen LogP contribution in [0.5, 0.6) is 5.75 Å². The molecular formula is C23H19FN2O3. The summed E-state index contributed by atoms with van der Waals surface area (Å²) in [6.07, 6.45) is 0.0261. The number of amides is 1. The number of hydrogen-bond acceptors (Lipinski definition) is 4. The molecule has 0 saturated carbocycles. The fourth-order valence-electron chi connectivity index (χ4n) is 2.91. The molecule has 0 unspecified atom stereocenters. The molecule has 4 rings (SSSR count). The largest absolute Gasteiger partial charge is 0.491 e. The number of carbonyl (C=O) groups excluding carboxylic acids is 1. The van der Waals surface area contributed by atoms with Gasteiger partial charge in [-0.1, -0.05) is 6.07 Å². The van der Waals surface area contributed by atoms with Crippen LogP contribution < -0.4 is 10.1 Å². The van der Waals surface area contributed by atoms with Gasteiger partial charge in [0.05, 0.1) is 6.10 Å². The third-order valence-electron chi connectivity index (χ3n) is 4.20. The van der Waals surface area contributed by atoms with Crippen molar-refractivity contribution in [3.63, 3.8) is 0 Å². The average Bonchev–Trinajstić information content (AvgIpc) is 3.11. The first-order valence-corrected chi connectivity index (χ1v) is 9.22. The summed E-state index contributed by atoms with van der Waals surface area (Å²) >= 11 is 0. The maximum absolute atomic E-state index is 13.1. The number of halogens is 1. The number of fused-ring (bicyclic) bond motifs is 1. The second kappa shape index (κ2) is 7.75. The van der Waals surface area contributed by atoms with Gasteiger partial charge in [0.25, 0.3) is 5.91 Å². The normalized spacial score (nSPS) is 11.0. The Morgan fingerprint density at radius 2 is 1.86 bits per heavy atom. The number of rotatable bonds is 5. The van der Waals surface area contributed by atoms with Crippen LogP contribution in [-0.4, -0.2) is 17.0 Å². The molecule has 146 valence electrons. The Balaban J connectivity index is 1.55. The van der Waals surface area contributed by atoms with Crippen molar-refractivity contribution in [2.24, 2.45) is 0 Å². The maximum atomic E-state index is 13.1. The zero-order valence-corrected chi connectivity index (χ0v) is 16.0. The molecule has 0 fully saturated rings. The van der Waals surface area contributed by atoms with Gasteiger partial charge in [0.15, 0.2) is 5.58 Å². The first-order chi connectivity index (χ1) is 14.0. The fraction of sp³-hybridized carbons (Fsp3) is 0.130. The summed E-state index contributed by atoms with van der Waals surface area (Å²) in [6, 6.07) is 18.2. The summed E-state index contributed by atoms with van der Waals surface area (Å²) in [5, 5.41) is 2.86. The zero-order valence-electron chi connectivity index (χ0n) is 16.0. The van der Waals surface area contributed by atoms with Crippen LogP contribution in [-0.2, 0) is 0 Å². The van der Waals surface area contributed by atoms with Gasteiger partial charge < -0.3 is 14.5 Å². The summed E-state index contributed by atoms with van der Waals surface area (Å²) in [7, 11) is 0. The van der Waals surface area contributed by atoms with Crippen LogP contribution in [0.15, 0.2) is 71.1 Å². The van der Waals surface area contributed by atoms with Gasteiger partial charge in [-0.05, 0) is 74.5 Å². The molecule has 1 aromatic heterocycles. The van der Waals surface area contributed by atoms with E-state index in [0.29, 0.717) is 39.6 Å². The lowest BCUT2D eigenvalue weighted by atomic mass is 10.2. The highest BCUT2D eigenvalue weighted by Crippen LogP contribution is 2.26. The van der Waals surface area contributed by atoms with Crippen molar-refractivity contribution in [3.8, 4) is 17.2 Å². The Morgan fingerprint density at radius 1 is 1.07 bits per heavy atom. The number of benzene rings is 3. The van der Waals surface area contributed by atoms with Crippen LogP contribution in [0.25, 0.3) is 22.6 Å². The standard InChI is InChI=1S/C23H19FN2O3/c1-14(2)28-19-5-3-4-16(12-19)22(27)25-18-10-11-21-20(13-18)26-23(29-21)15-6-8-17(24)9-7-15/h3-14H,1-2H3,(H,25,27). The van der Waals surface area contributed by atoms with E-state index in [2.05, 4.69) is 10.3 Å². The predicted octanol–water partition coefficient (Wildman–Crippen LogP) is 5.67. The topological polar surface area (TPSA) is 64.4 Å². The Morgan fingerprint density at radius 3 is 2.62 bits per heavy atom. The van der Waals surface area contributed by atoms with Crippen LogP contribution in [0.2, 0.25) is 0 Å². The lowest BCUT2D eigenvalue weighted by Crippen LogP contribution is -2.12. The van der Waals surface area contributed by atoms with Crippen LogP contribution in [0.4, 0.5) is 10.1 Å². The second-order valence-corrected chi connectivity index (χ2v) is 6.86. The van der Waals surface area contributed by atoms with E-state index in [0.717, 1.165) is 0 Å². The number of carbonyl (C=O) groups is 1. The Kier molecular flexibility index (Phi) is 4.99. The van der Waals surface area contributed by atoms with Crippen molar-refractivity contribution in [2.75, 3.05) is 5.32 Å². The van der Waals surface area contributed by atoms with Crippen LogP contribution >= 0.6 is 0 Å². The van der Waals surface area contributed by atoms with E-state index in [1.54, 1.807) is 48.5 Å². The quantitative estimate of drug-likeness (QED) is 0.477. The maximum Gasteiger partial charge on any atom is 0.255 e. The van der Waals surface area contributed by atoms with Crippen molar-refractivity contribution in [2.45, 2.75) is 20.0 Å². The Bertz CT molecular complexity index is 1170. The molecule has 3 aromatic carbocycles. The van der Waals surface area contributed by atoms with Gasteiger partial charge in [-0.3, -0.25) is 4.79 Å². The summed E-state index contributed by atoms with van der Waals surface area (Å²) in [4.78, 5) is 17.0.